The monoisotopic (exact) mass is 460 g/mol. The van der Waals surface area contributed by atoms with Crippen LogP contribution in [0.2, 0.25) is 0 Å². The largest absolute Gasteiger partial charge is 0.494 e. The number of amides is 1. The molecule has 7 nitrogen and oxygen atoms in total. The molecule has 32 heavy (non-hydrogen) atoms. The lowest BCUT2D eigenvalue weighted by molar-refractivity contribution is 0.0666. The summed E-state index contributed by atoms with van der Waals surface area (Å²) in [6, 6.07) is 10.6. The second-order valence-electron chi connectivity index (χ2n) is 8.65. The van der Waals surface area contributed by atoms with Gasteiger partial charge in [0.1, 0.15) is 11.5 Å². The van der Waals surface area contributed by atoms with Gasteiger partial charge in [-0.25, -0.2) is 8.42 Å². The van der Waals surface area contributed by atoms with E-state index in [1.807, 2.05) is 25.1 Å². The van der Waals surface area contributed by atoms with Gasteiger partial charge < -0.3 is 19.0 Å². The minimum absolute atomic E-state index is 0.00947. The van der Waals surface area contributed by atoms with Crippen LogP contribution >= 0.6 is 0 Å². The van der Waals surface area contributed by atoms with Gasteiger partial charge in [0.25, 0.3) is 5.91 Å². The van der Waals surface area contributed by atoms with Gasteiger partial charge in [-0.15, -0.1) is 0 Å². The van der Waals surface area contributed by atoms with Crippen LogP contribution in [0.5, 0.6) is 5.75 Å². The van der Waals surface area contributed by atoms with Crippen molar-refractivity contribution in [3.8, 4) is 5.75 Å². The van der Waals surface area contributed by atoms with Crippen molar-refractivity contribution in [1.29, 1.82) is 0 Å². The van der Waals surface area contributed by atoms with Crippen molar-refractivity contribution in [3.63, 3.8) is 0 Å². The summed E-state index contributed by atoms with van der Waals surface area (Å²) in [6.45, 7) is 4.79. The average molecular weight is 461 g/mol. The number of furan rings is 1. The van der Waals surface area contributed by atoms with Crippen LogP contribution in [-0.2, 0) is 16.4 Å². The van der Waals surface area contributed by atoms with Crippen molar-refractivity contribution in [2.45, 2.75) is 51.6 Å². The Kier molecular flexibility index (Phi) is 7.08. The lowest BCUT2D eigenvalue weighted by atomic mass is 10.1. The Hall–Kier alpha value is -2.48. The summed E-state index contributed by atoms with van der Waals surface area (Å²) in [6.07, 6.45) is 4.86. The molecule has 2 aliphatic heterocycles. The fourth-order valence-electron chi connectivity index (χ4n) is 4.40. The number of ether oxygens (including phenoxy) is 1. The Morgan fingerprint density at radius 1 is 1.19 bits per heavy atom. The van der Waals surface area contributed by atoms with Crippen LogP contribution in [0.4, 0.5) is 5.88 Å². The third-order valence-electron chi connectivity index (χ3n) is 6.11. The van der Waals surface area contributed by atoms with Crippen LogP contribution in [0.3, 0.4) is 0 Å². The highest BCUT2D eigenvalue weighted by Crippen LogP contribution is 2.27. The highest BCUT2D eigenvalue weighted by molar-refractivity contribution is 7.91. The molecule has 1 unspecified atom stereocenters. The van der Waals surface area contributed by atoms with E-state index in [1.54, 1.807) is 23.1 Å². The standard InChI is InChI=1S/C24H32N2O5S/c1-2-14-30-21-8-6-7-19(16-21)24(27)26(20-11-15-32(28,29)18-20)17-22-9-10-23(31-22)25-12-4-3-5-13-25/h6-10,16,20H,2-5,11-15,17-18H2,1H3. The number of benzene rings is 1. The van der Waals surface area contributed by atoms with Crippen molar-refractivity contribution in [2.24, 2.45) is 0 Å². The molecule has 174 valence electrons. The molecule has 1 aromatic heterocycles. The normalized spacial score (nSPS) is 20.3. The van der Waals surface area contributed by atoms with Crippen LogP contribution in [0.15, 0.2) is 40.8 Å². The van der Waals surface area contributed by atoms with Gasteiger partial charge >= 0.3 is 0 Å². The third kappa shape index (κ3) is 5.46. The molecule has 0 radical (unpaired) electrons. The van der Waals surface area contributed by atoms with Crippen molar-refractivity contribution >= 4 is 21.6 Å². The summed E-state index contributed by atoms with van der Waals surface area (Å²) >= 11 is 0. The van der Waals surface area contributed by atoms with Crippen LogP contribution in [0.25, 0.3) is 0 Å². The molecular weight excluding hydrogens is 428 g/mol. The average Bonchev–Trinajstić information content (AvgIpc) is 3.42. The first-order chi connectivity index (χ1) is 15.4. The number of carbonyl (C=O) groups excluding carboxylic acids is 1. The molecule has 2 fully saturated rings. The molecule has 1 aromatic carbocycles. The van der Waals surface area contributed by atoms with E-state index in [2.05, 4.69) is 4.90 Å². The minimum atomic E-state index is -3.14. The Bertz CT molecular complexity index is 1030. The zero-order chi connectivity index (χ0) is 22.6. The number of hydrogen-bond donors (Lipinski definition) is 0. The summed E-state index contributed by atoms with van der Waals surface area (Å²) < 4.78 is 36.1. The van der Waals surface area contributed by atoms with E-state index < -0.39 is 9.84 Å². The molecule has 2 aromatic rings. The second kappa shape index (κ2) is 9.98. The number of anilines is 1. The molecule has 1 atom stereocenters. The lowest BCUT2D eigenvalue weighted by Gasteiger charge is -2.28. The van der Waals surface area contributed by atoms with Crippen LogP contribution in [0.1, 0.15) is 55.1 Å². The molecular formula is C24H32N2O5S. The summed E-state index contributed by atoms with van der Waals surface area (Å²) in [5, 5.41) is 0. The Balaban J connectivity index is 1.55. The fraction of sp³-hybridized carbons (Fsp3) is 0.542. The number of carbonyl (C=O) groups is 1. The Morgan fingerprint density at radius 2 is 2.00 bits per heavy atom. The molecule has 0 spiro atoms. The molecule has 2 aliphatic rings. The highest BCUT2D eigenvalue weighted by Gasteiger charge is 2.35. The first-order valence-electron chi connectivity index (χ1n) is 11.5. The predicted molar refractivity (Wildman–Crippen MR) is 124 cm³/mol. The molecule has 8 heteroatoms. The molecule has 3 heterocycles. The topological polar surface area (TPSA) is 80.1 Å². The maximum atomic E-state index is 13.5. The third-order valence-corrected chi connectivity index (χ3v) is 7.86. The van der Waals surface area contributed by atoms with Crippen LogP contribution in [0, 0.1) is 0 Å². The van der Waals surface area contributed by atoms with Gasteiger partial charge in [-0.3, -0.25) is 4.79 Å². The van der Waals surface area contributed by atoms with Crippen molar-refractivity contribution in [2.75, 3.05) is 36.1 Å². The van der Waals surface area contributed by atoms with Gasteiger partial charge in [-0.05, 0) is 56.4 Å². The molecule has 0 N–H and O–H groups in total. The SMILES string of the molecule is CCCOc1cccc(C(=O)N(Cc2ccc(N3CCCCC3)o2)C2CCS(=O)(=O)C2)c1. The van der Waals surface area contributed by atoms with Gasteiger partial charge in [0.15, 0.2) is 15.7 Å². The first-order valence-corrected chi connectivity index (χ1v) is 13.4. The van der Waals surface area contributed by atoms with E-state index in [1.165, 1.54) is 6.42 Å². The zero-order valence-corrected chi connectivity index (χ0v) is 19.5. The molecule has 1 amide bonds. The molecule has 0 aliphatic carbocycles. The molecule has 0 saturated carbocycles. The summed E-state index contributed by atoms with van der Waals surface area (Å²) in [5.41, 5.74) is 0.491. The van der Waals surface area contributed by atoms with Crippen LogP contribution in [-0.4, -0.2) is 56.5 Å². The maximum Gasteiger partial charge on any atom is 0.254 e. The van der Waals surface area contributed by atoms with Gasteiger partial charge in [0, 0.05) is 30.8 Å². The van der Waals surface area contributed by atoms with Crippen molar-refractivity contribution in [1.82, 2.24) is 4.90 Å². The quantitative estimate of drug-likeness (QED) is 0.595. The first kappa shape index (κ1) is 22.7. The Labute approximate surface area is 190 Å². The second-order valence-corrected chi connectivity index (χ2v) is 10.9. The van der Waals surface area contributed by atoms with E-state index in [-0.39, 0.29) is 30.0 Å². The summed E-state index contributed by atoms with van der Waals surface area (Å²) in [5.74, 6) is 2.03. The number of nitrogens with zero attached hydrogens (tertiary/aromatic N) is 2. The zero-order valence-electron chi connectivity index (χ0n) is 18.7. The van der Waals surface area contributed by atoms with Crippen LogP contribution < -0.4 is 9.64 Å². The maximum absolute atomic E-state index is 13.5. The highest BCUT2D eigenvalue weighted by atomic mass is 32.2. The number of piperidine rings is 1. The number of sulfone groups is 1. The van der Waals surface area contributed by atoms with E-state index in [0.29, 0.717) is 30.1 Å². The minimum Gasteiger partial charge on any atom is -0.494 e. The number of rotatable bonds is 8. The summed E-state index contributed by atoms with van der Waals surface area (Å²) in [7, 11) is -3.14. The number of hydrogen-bond acceptors (Lipinski definition) is 6. The van der Waals surface area contributed by atoms with Gasteiger partial charge in [0.2, 0.25) is 0 Å². The van der Waals surface area contributed by atoms with Crippen molar-refractivity contribution in [3.05, 3.63) is 47.7 Å². The van der Waals surface area contributed by atoms with Gasteiger partial charge in [-0.2, -0.15) is 0 Å². The molecule has 2 saturated heterocycles. The van der Waals surface area contributed by atoms with Gasteiger partial charge in [-0.1, -0.05) is 13.0 Å². The molecule has 4 rings (SSSR count). The van der Waals surface area contributed by atoms with E-state index >= 15 is 0 Å². The molecule has 0 bridgehead atoms. The van der Waals surface area contributed by atoms with E-state index in [4.69, 9.17) is 9.15 Å². The lowest BCUT2D eigenvalue weighted by Crippen LogP contribution is -2.40. The van der Waals surface area contributed by atoms with Crippen molar-refractivity contribution < 1.29 is 22.4 Å². The Morgan fingerprint density at radius 3 is 2.72 bits per heavy atom. The smallest absolute Gasteiger partial charge is 0.254 e. The van der Waals surface area contributed by atoms with Gasteiger partial charge in [0.05, 0.1) is 24.7 Å². The van der Waals surface area contributed by atoms with E-state index in [9.17, 15) is 13.2 Å². The van der Waals surface area contributed by atoms with E-state index in [0.717, 1.165) is 38.2 Å². The predicted octanol–water partition coefficient (Wildman–Crippen LogP) is 3.89. The summed E-state index contributed by atoms with van der Waals surface area (Å²) in [4.78, 5) is 17.4. The fourth-order valence-corrected chi connectivity index (χ4v) is 6.13.